The van der Waals surface area contributed by atoms with Crippen molar-refractivity contribution in [3.05, 3.63) is 271 Å². The molecule has 2 heteroatoms. The van der Waals surface area contributed by atoms with Crippen LogP contribution < -0.4 is 4.90 Å². The van der Waals surface area contributed by atoms with Crippen molar-refractivity contribution < 1.29 is 0 Å². The smallest absolute Gasteiger partial charge is 0.0726 e. The number of hydrogen-bond acceptors (Lipinski definition) is 1. The summed E-state index contributed by atoms with van der Waals surface area (Å²) in [5.74, 6) is 0. The third-order valence-electron chi connectivity index (χ3n) is 13.6. The molecule has 0 aliphatic heterocycles. The van der Waals surface area contributed by atoms with Crippen LogP contribution in [0.3, 0.4) is 0 Å². The standard InChI is InChI=1S/C62H44N2/c1-3-17-54-49(4-2)50-20-8-12-24-55(50)62(54)56-25-13-9-23-53(56)61-57(62)26-16-29-60(61)63(46-36-30-43(31-37-46)42-18-6-5-7-19-42)47-38-32-44(33-39-47)45-34-40-48(41-35-45)64-58-27-14-10-21-51(58)52-22-11-15-28-59(52)64/h3-41H,1H2,2H3/b49-4-,54-17?. The topological polar surface area (TPSA) is 8.17 Å². The van der Waals surface area contributed by atoms with Crippen molar-refractivity contribution in [3.63, 3.8) is 0 Å². The van der Waals surface area contributed by atoms with Gasteiger partial charge in [-0.1, -0.05) is 189 Å². The maximum absolute atomic E-state index is 4.23. The minimum atomic E-state index is -0.493. The first kappa shape index (κ1) is 37.6. The lowest BCUT2D eigenvalue weighted by Gasteiger charge is -2.32. The number of allylic oxidation sites excluding steroid dienone is 5. The van der Waals surface area contributed by atoms with Crippen LogP contribution in [-0.2, 0) is 5.41 Å². The van der Waals surface area contributed by atoms with E-state index in [1.165, 1.54) is 88.6 Å². The SMILES string of the molecule is C=CC=C1/C(=C\C)c2ccccc2C12c1ccccc1-c1c(N(c3ccc(-c4ccccc4)cc3)c3ccc(-c4ccc(-n5c6ccccc6c6ccccc65)cc4)cc3)cccc12. The summed E-state index contributed by atoms with van der Waals surface area (Å²) in [5, 5.41) is 2.54. The molecular weight excluding hydrogens is 773 g/mol. The summed E-state index contributed by atoms with van der Waals surface area (Å²) in [6, 6.07) is 80.0. The Balaban J connectivity index is 1.01. The number of hydrogen-bond donors (Lipinski definition) is 0. The molecule has 2 aliphatic rings. The summed E-state index contributed by atoms with van der Waals surface area (Å²) < 4.78 is 2.37. The number of nitrogens with zero attached hydrogens (tertiary/aromatic N) is 2. The molecule has 302 valence electrons. The zero-order valence-corrected chi connectivity index (χ0v) is 35.6. The van der Waals surface area contributed by atoms with E-state index in [2.05, 4.69) is 254 Å². The van der Waals surface area contributed by atoms with E-state index in [1.807, 2.05) is 6.08 Å². The highest BCUT2D eigenvalue weighted by Crippen LogP contribution is 2.65. The summed E-state index contributed by atoms with van der Waals surface area (Å²) >= 11 is 0. The largest absolute Gasteiger partial charge is 0.310 e. The Morgan fingerprint density at radius 3 is 1.53 bits per heavy atom. The molecule has 10 aromatic rings. The number of aromatic nitrogens is 1. The second kappa shape index (κ2) is 15.0. The lowest BCUT2D eigenvalue weighted by atomic mass is 9.70. The molecule has 9 aromatic carbocycles. The monoisotopic (exact) mass is 816 g/mol. The maximum Gasteiger partial charge on any atom is 0.0726 e. The van der Waals surface area contributed by atoms with E-state index < -0.39 is 5.41 Å². The van der Waals surface area contributed by atoms with Gasteiger partial charge in [0.15, 0.2) is 0 Å². The molecule has 2 aliphatic carbocycles. The van der Waals surface area contributed by atoms with Crippen LogP contribution in [0.15, 0.2) is 249 Å². The van der Waals surface area contributed by atoms with Gasteiger partial charge in [0.05, 0.1) is 22.1 Å². The highest BCUT2D eigenvalue weighted by atomic mass is 15.1. The predicted octanol–water partition coefficient (Wildman–Crippen LogP) is 16.4. The van der Waals surface area contributed by atoms with Crippen LogP contribution in [0.2, 0.25) is 0 Å². The van der Waals surface area contributed by atoms with Crippen LogP contribution in [-0.4, -0.2) is 4.57 Å². The van der Waals surface area contributed by atoms with Gasteiger partial charge in [-0.05, 0) is 123 Å². The van der Waals surface area contributed by atoms with Crippen molar-refractivity contribution in [1.29, 1.82) is 0 Å². The molecule has 1 spiro atoms. The highest BCUT2D eigenvalue weighted by molar-refractivity contribution is 6.09. The Hall–Kier alpha value is -8.20. The van der Waals surface area contributed by atoms with Gasteiger partial charge in [0.2, 0.25) is 0 Å². The van der Waals surface area contributed by atoms with Gasteiger partial charge >= 0.3 is 0 Å². The molecule has 1 unspecified atom stereocenters. The van der Waals surface area contributed by atoms with E-state index in [9.17, 15) is 0 Å². The van der Waals surface area contributed by atoms with Crippen LogP contribution in [0.1, 0.15) is 29.2 Å². The van der Waals surface area contributed by atoms with Gasteiger partial charge in [-0.2, -0.15) is 0 Å². The number of rotatable bonds is 7. The molecule has 0 amide bonds. The van der Waals surface area contributed by atoms with Gasteiger partial charge in [0.1, 0.15) is 0 Å². The van der Waals surface area contributed by atoms with Gasteiger partial charge in [-0.15, -0.1) is 0 Å². The zero-order valence-electron chi connectivity index (χ0n) is 35.6. The Bertz CT molecular complexity index is 3440. The first-order valence-corrected chi connectivity index (χ1v) is 22.2. The van der Waals surface area contributed by atoms with E-state index in [-0.39, 0.29) is 0 Å². The summed E-state index contributed by atoms with van der Waals surface area (Å²) in [4.78, 5) is 2.45. The van der Waals surface area contributed by atoms with Crippen molar-refractivity contribution in [2.24, 2.45) is 0 Å². The Kier molecular flexibility index (Phi) is 8.81. The average molecular weight is 817 g/mol. The summed E-state index contributed by atoms with van der Waals surface area (Å²) in [5.41, 5.74) is 21.3. The molecule has 0 bridgehead atoms. The molecule has 0 saturated carbocycles. The fourth-order valence-electron chi connectivity index (χ4n) is 10.9. The van der Waals surface area contributed by atoms with Gasteiger partial charge in [0, 0.05) is 33.4 Å². The Morgan fingerprint density at radius 2 is 0.938 bits per heavy atom. The summed E-state index contributed by atoms with van der Waals surface area (Å²) in [6.07, 6.45) is 6.47. The lowest BCUT2D eigenvalue weighted by Crippen LogP contribution is -2.26. The molecule has 0 fully saturated rings. The Labute approximate surface area is 374 Å². The average Bonchev–Trinajstić information content (AvgIpc) is 3.97. The van der Waals surface area contributed by atoms with E-state index in [1.54, 1.807) is 0 Å². The molecular formula is C62H44N2. The third kappa shape index (κ3) is 5.52. The number of benzene rings is 9. The van der Waals surface area contributed by atoms with Crippen LogP contribution in [0.4, 0.5) is 17.1 Å². The minimum Gasteiger partial charge on any atom is -0.310 e. The first-order chi connectivity index (χ1) is 31.7. The van der Waals surface area contributed by atoms with Crippen molar-refractivity contribution in [3.8, 4) is 39.1 Å². The van der Waals surface area contributed by atoms with E-state index >= 15 is 0 Å². The highest BCUT2D eigenvalue weighted by Gasteiger charge is 2.53. The molecule has 64 heavy (non-hydrogen) atoms. The number of para-hydroxylation sites is 2. The fraction of sp³-hybridized carbons (Fsp3) is 0.0323. The normalized spacial score (nSPS) is 16.1. The quantitative estimate of drug-likeness (QED) is 0.156. The molecule has 0 saturated heterocycles. The van der Waals surface area contributed by atoms with Gasteiger partial charge in [-0.25, -0.2) is 0 Å². The number of fused-ring (bicyclic) bond motifs is 10. The van der Waals surface area contributed by atoms with Crippen LogP contribution in [0.25, 0.3) is 66.4 Å². The lowest BCUT2D eigenvalue weighted by molar-refractivity contribution is 0.794. The van der Waals surface area contributed by atoms with E-state index in [0.717, 1.165) is 22.7 Å². The first-order valence-electron chi connectivity index (χ1n) is 22.2. The predicted molar refractivity (Wildman–Crippen MR) is 270 cm³/mol. The minimum absolute atomic E-state index is 0.493. The Morgan fingerprint density at radius 1 is 0.453 bits per heavy atom. The van der Waals surface area contributed by atoms with Crippen molar-refractivity contribution >= 4 is 44.4 Å². The van der Waals surface area contributed by atoms with Gasteiger partial charge in [0.25, 0.3) is 0 Å². The van der Waals surface area contributed by atoms with Crippen molar-refractivity contribution in [2.45, 2.75) is 12.3 Å². The second-order valence-electron chi connectivity index (χ2n) is 16.8. The van der Waals surface area contributed by atoms with Crippen LogP contribution in [0, 0.1) is 0 Å². The summed E-state index contributed by atoms with van der Waals surface area (Å²) in [6.45, 7) is 6.39. The number of anilines is 3. The summed E-state index contributed by atoms with van der Waals surface area (Å²) in [7, 11) is 0. The van der Waals surface area contributed by atoms with Gasteiger partial charge in [-0.3, -0.25) is 0 Å². The second-order valence-corrected chi connectivity index (χ2v) is 16.8. The molecule has 1 atom stereocenters. The zero-order chi connectivity index (χ0) is 42.8. The fourth-order valence-corrected chi connectivity index (χ4v) is 10.9. The molecule has 1 heterocycles. The van der Waals surface area contributed by atoms with Crippen LogP contribution in [0.5, 0.6) is 0 Å². The third-order valence-corrected chi connectivity index (χ3v) is 13.6. The molecule has 12 rings (SSSR count). The van der Waals surface area contributed by atoms with Crippen molar-refractivity contribution in [1.82, 2.24) is 4.57 Å². The molecule has 2 nitrogen and oxygen atoms in total. The maximum atomic E-state index is 4.23. The molecule has 0 radical (unpaired) electrons. The van der Waals surface area contributed by atoms with E-state index in [0.29, 0.717) is 0 Å². The van der Waals surface area contributed by atoms with Crippen molar-refractivity contribution in [2.75, 3.05) is 4.90 Å². The van der Waals surface area contributed by atoms with Gasteiger partial charge < -0.3 is 9.47 Å². The molecule has 1 aromatic heterocycles. The van der Waals surface area contributed by atoms with Crippen LogP contribution >= 0.6 is 0 Å². The molecule has 0 N–H and O–H groups in total. The van der Waals surface area contributed by atoms with E-state index in [4.69, 9.17) is 0 Å².